The number of anilines is 2. The molecule has 1 heterocycles. The molecule has 0 aliphatic carbocycles. The molecule has 2 aromatic rings. The van der Waals surface area contributed by atoms with Gasteiger partial charge < -0.3 is 10.1 Å². The van der Waals surface area contributed by atoms with Crippen molar-refractivity contribution in [3.05, 3.63) is 52.1 Å². The van der Waals surface area contributed by atoms with E-state index in [0.29, 0.717) is 5.02 Å². The predicted octanol–water partition coefficient (Wildman–Crippen LogP) is 2.94. The van der Waals surface area contributed by atoms with Gasteiger partial charge in [-0.2, -0.15) is 0 Å². The Morgan fingerprint density at radius 3 is 2.52 bits per heavy atom. The molecular weight excluding hydrogens is 417 g/mol. The van der Waals surface area contributed by atoms with Gasteiger partial charge in [0.25, 0.3) is 5.91 Å². The van der Waals surface area contributed by atoms with Gasteiger partial charge in [-0.1, -0.05) is 35.3 Å². The molecular formula is C16H15Cl2N3O5S. The molecule has 11 heteroatoms. The van der Waals surface area contributed by atoms with E-state index in [-0.39, 0.29) is 22.1 Å². The van der Waals surface area contributed by atoms with E-state index < -0.39 is 28.0 Å². The number of amides is 1. The number of sulfonamides is 1. The molecule has 8 nitrogen and oxygen atoms in total. The van der Waals surface area contributed by atoms with Crippen LogP contribution in [0.1, 0.15) is 17.3 Å². The topological polar surface area (TPSA) is 114 Å². The molecule has 0 bridgehead atoms. The maximum absolute atomic E-state index is 12.3. The molecule has 0 unspecified atom stereocenters. The lowest BCUT2D eigenvalue weighted by Crippen LogP contribution is -2.30. The van der Waals surface area contributed by atoms with E-state index in [4.69, 9.17) is 27.9 Å². The summed E-state index contributed by atoms with van der Waals surface area (Å²) in [6.45, 7) is 1.35. The summed E-state index contributed by atoms with van der Waals surface area (Å²) < 4.78 is 30.1. The van der Waals surface area contributed by atoms with Crippen molar-refractivity contribution >= 4 is 56.6 Å². The van der Waals surface area contributed by atoms with Crippen LogP contribution in [-0.2, 0) is 19.6 Å². The second kappa shape index (κ2) is 8.55. The highest BCUT2D eigenvalue weighted by atomic mass is 35.5. The van der Waals surface area contributed by atoms with E-state index in [9.17, 15) is 18.0 Å². The number of carbonyl (C=O) groups excluding carboxylic acids is 2. The minimum absolute atomic E-state index is 0.0368. The molecule has 2 N–H and O–H groups in total. The van der Waals surface area contributed by atoms with Crippen LogP contribution in [0.5, 0.6) is 0 Å². The Balaban J connectivity index is 2.10. The van der Waals surface area contributed by atoms with E-state index in [0.717, 1.165) is 6.26 Å². The van der Waals surface area contributed by atoms with Gasteiger partial charge in [-0.15, -0.1) is 0 Å². The largest absolute Gasteiger partial charge is 0.449 e. The van der Waals surface area contributed by atoms with Gasteiger partial charge in [0, 0.05) is 6.20 Å². The quantitative estimate of drug-likeness (QED) is 0.679. The van der Waals surface area contributed by atoms with Crippen molar-refractivity contribution < 1.29 is 22.7 Å². The molecule has 1 amide bonds. The van der Waals surface area contributed by atoms with Crippen LogP contribution in [-0.4, -0.2) is 37.6 Å². The van der Waals surface area contributed by atoms with Crippen molar-refractivity contribution in [1.29, 1.82) is 0 Å². The van der Waals surface area contributed by atoms with E-state index in [2.05, 4.69) is 15.0 Å². The smallest absolute Gasteiger partial charge is 0.341 e. The Kier molecular flexibility index (Phi) is 6.63. The third-order valence-electron chi connectivity index (χ3n) is 3.14. The number of nitrogens with zero attached hydrogens (tertiary/aromatic N) is 1. The lowest BCUT2D eigenvalue weighted by molar-refractivity contribution is -0.123. The molecule has 0 aliphatic rings. The van der Waals surface area contributed by atoms with Crippen LogP contribution in [0.4, 0.5) is 11.5 Å². The highest BCUT2D eigenvalue weighted by Gasteiger charge is 2.22. The monoisotopic (exact) mass is 431 g/mol. The van der Waals surface area contributed by atoms with Crippen LogP contribution in [0.3, 0.4) is 0 Å². The second-order valence-electron chi connectivity index (χ2n) is 5.44. The average Bonchev–Trinajstić information content (AvgIpc) is 2.56. The molecule has 0 spiro atoms. The van der Waals surface area contributed by atoms with E-state index in [1.165, 1.54) is 37.4 Å². The standard InChI is InChI=1S/C16H15Cl2N3O5S/c1-9(15(22)20-14-12(18)7-10(17)8-19-14)26-16(23)11-5-3-4-6-13(11)21-27(2,24)25/h3-9,21H,1-2H3,(H,19,20,22)/t9-/m0/s1. The number of para-hydroxylation sites is 1. The lowest BCUT2D eigenvalue weighted by atomic mass is 10.2. The fraction of sp³-hybridized carbons (Fsp3) is 0.188. The molecule has 0 radical (unpaired) electrons. The predicted molar refractivity (Wildman–Crippen MR) is 103 cm³/mol. The minimum atomic E-state index is -3.60. The first-order valence-electron chi connectivity index (χ1n) is 7.46. The van der Waals surface area contributed by atoms with Crippen LogP contribution in [0.25, 0.3) is 0 Å². The van der Waals surface area contributed by atoms with Crippen molar-refractivity contribution in [1.82, 2.24) is 4.98 Å². The Morgan fingerprint density at radius 1 is 1.22 bits per heavy atom. The number of hydrogen-bond donors (Lipinski definition) is 2. The molecule has 0 saturated carbocycles. The highest BCUT2D eigenvalue weighted by molar-refractivity contribution is 7.92. The summed E-state index contributed by atoms with van der Waals surface area (Å²) >= 11 is 11.7. The number of benzene rings is 1. The van der Waals surface area contributed by atoms with Gasteiger partial charge in [-0.05, 0) is 25.1 Å². The molecule has 1 atom stereocenters. The zero-order valence-corrected chi connectivity index (χ0v) is 16.5. The second-order valence-corrected chi connectivity index (χ2v) is 8.03. The third-order valence-corrected chi connectivity index (χ3v) is 4.23. The number of esters is 1. The van der Waals surface area contributed by atoms with E-state index in [1.54, 1.807) is 6.07 Å². The molecule has 0 aliphatic heterocycles. The Labute approximate surface area is 165 Å². The van der Waals surface area contributed by atoms with Gasteiger partial charge in [-0.3, -0.25) is 9.52 Å². The number of rotatable bonds is 6. The maximum Gasteiger partial charge on any atom is 0.341 e. The van der Waals surface area contributed by atoms with Crippen molar-refractivity contribution in [3.8, 4) is 0 Å². The van der Waals surface area contributed by atoms with Gasteiger partial charge >= 0.3 is 5.97 Å². The van der Waals surface area contributed by atoms with E-state index in [1.807, 2.05) is 0 Å². The first kappa shape index (κ1) is 20.9. The fourth-order valence-corrected chi connectivity index (χ4v) is 2.96. The summed E-state index contributed by atoms with van der Waals surface area (Å²) in [5, 5.41) is 2.84. The molecule has 0 saturated heterocycles. The molecule has 2 rings (SSSR count). The van der Waals surface area contributed by atoms with Crippen LogP contribution in [0, 0.1) is 0 Å². The van der Waals surface area contributed by atoms with Crippen molar-refractivity contribution in [2.24, 2.45) is 0 Å². The number of aromatic nitrogens is 1. The van der Waals surface area contributed by atoms with Gasteiger partial charge in [0.05, 0.1) is 27.6 Å². The summed E-state index contributed by atoms with van der Waals surface area (Å²) in [4.78, 5) is 28.4. The molecule has 1 aromatic carbocycles. The zero-order chi connectivity index (χ0) is 20.2. The van der Waals surface area contributed by atoms with Crippen molar-refractivity contribution in [2.45, 2.75) is 13.0 Å². The fourth-order valence-electron chi connectivity index (χ4n) is 1.95. The molecule has 27 heavy (non-hydrogen) atoms. The van der Waals surface area contributed by atoms with Crippen LogP contribution >= 0.6 is 23.2 Å². The summed E-state index contributed by atoms with van der Waals surface area (Å²) in [5.41, 5.74) is 0.00486. The number of carbonyl (C=O) groups is 2. The zero-order valence-electron chi connectivity index (χ0n) is 14.2. The van der Waals surface area contributed by atoms with Gasteiger partial charge in [0.1, 0.15) is 0 Å². The van der Waals surface area contributed by atoms with Crippen LogP contribution in [0.2, 0.25) is 10.0 Å². The molecule has 0 fully saturated rings. The SMILES string of the molecule is C[C@H](OC(=O)c1ccccc1NS(C)(=O)=O)C(=O)Nc1ncc(Cl)cc1Cl. The summed E-state index contributed by atoms with van der Waals surface area (Å²) in [5.74, 6) is -1.48. The number of halogens is 2. The van der Waals surface area contributed by atoms with Gasteiger partial charge in [-0.25, -0.2) is 18.2 Å². The van der Waals surface area contributed by atoms with Crippen molar-refractivity contribution in [2.75, 3.05) is 16.3 Å². The van der Waals surface area contributed by atoms with Crippen LogP contribution in [0.15, 0.2) is 36.5 Å². The minimum Gasteiger partial charge on any atom is -0.449 e. The van der Waals surface area contributed by atoms with Crippen molar-refractivity contribution in [3.63, 3.8) is 0 Å². The van der Waals surface area contributed by atoms with Gasteiger partial charge in [0.2, 0.25) is 10.0 Å². The summed E-state index contributed by atoms with van der Waals surface area (Å²) in [6, 6.07) is 7.26. The van der Waals surface area contributed by atoms with E-state index >= 15 is 0 Å². The highest BCUT2D eigenvalue weighted by Crippen LogP contribution is 2.23. The number of pyridine rings is 1. The Hall–Kier alpha value is -2.36. The number of nitrogens with one attached hydrogen (secondary N) is 2. The first-order chi connectivity index (χ1) is 12.6. The summed E-state index contributed by atoms with van der Waals surface area (Å²) in [6.07, 6.45) is 1.05. The molecule has 1 aromatic heterocycles. The molecule has 144 valence electrons. The third kappa shape index (κ3) is 6.09. The Morgan fingerprint density at radius 2 is 1.89 bits per heavy atom. The lowest BCUT2D eigenvalue weighted by Gasteiger charge is -2.15. The summed E-state index contributed by atoms with van der Waals surface area (Å²) in [7, 11) is -3.60. The van der Waals surface area contributed by atoms with Gasteiger partial charge in [0.15, 0.2) is 11.9 Å². The maximum atomic E-state index is 12.3. The van der Waals surface area contributed by atoms with Crippen LogP contribution < -0.4 is 10.0 Å². The Bertz CT molecular complexity index is 982. The number of ether oxygens (including phenoxy) is 1. The average molecular weight is 432 g/mol. The first-order valence-corrected chi connectivity index (χ1v) is 10.1. The normalized spacial score (nSPS) is 12.1. The number of hydrogen-bond acceptors (Lipinski definition) is 6.